The van der Waals surface area contributed by atoms with Gasteiger partial charge in [0.05, 0.1) is 28.4 Å². The van der Waals surface area contributed by atoms with Gasteiger partial charge in [0.15, 0.2) is 0 Å². The number of nitro benzene ring substituents is 1. The third kappa shape index (κ3) is 3.15. The number of carbonyl (C=O) groups excluding carboxylic acids is 1. The fraction of sp³-hybridized carbons (Fsp3) is 0.333. The van der Waals surface area contributed by atoms with E-state index in [-0.39, 0.29) is 16.9 Å². The first kappa shape index (κ1) is 15.0. The van der Waals surface area contributed by atoms with Gasteiger partial charge < -0.3 is 11.1 Å². The van der Waals surface area contributed by atoms with E-state index in [0.29, 0.717) is 17.6 Å². The van der Waals surface area contributed by atoms with Crippen molar-refractivity contribution >= 4 is 23.0 Å². The number of nitro groups is 1. The Kier molecular flexibility index (Phi) is 3.73. The molecule has 8 nitrogen and oxygen atoms in total. The van der Waals surface area contributed by atoms with Gasteiger partial charge in [-0.15, -0.1) is 0 Å². The minimum absolute atomic E-state index is 0.0715. The first-order chi connectivity index (χ1) is 11.0. The molecule has 2 aromatic rings. The highest BCUT2D eigenvalue weighted by atomic mass is 16.6. The monoisotopic (exact) mass is 315 g/mol. The molecule has 1 saturated carbocycles. The molecule has 1 atom stereocenters. The van der Waals surface area contributed by atoms with E-state index in [0.717, 1.165) is 0 Å². The second-order valence-corrected chi connectivity index (χ2v) is 5.77. The normalized spacial score (nSPS) is 15.2. The Morgan fingerprint density at radius 3 is 2.91 bits per heavy atom. The molecule has 3 rings (SSSR count). The third-order valence-electron chi connectivity index (χ3n) is 4.07. The number of nitrogens with zero attached hydrogens (tertiary/aromatic N) is 3. The van der Waals surface area contributed by atoms with Crippen molar-refractivity contribution < 1.29 is 9.72 Å². The molecule has 0 radical (unpaired) electrons. The lowest BCUT2D eigenvalue weighted by atomic mass is 10.1. The Balaban J connectivity index is 1.76. The molecule has 0 bridgehead atoms. The molecule has 120 valence electrons. The number of non-ortho nitro benzene ring substituents is 1. The SMILES string of the molecule is C[C@@H](C1CC1)n1cc(NC(=O)c2cc([N+](=O)[O-])ccc2N)cn1. The van der Waals surface area contributed by atoms with Crippen LogP contribution < -0.4 is 11.1 Å². The highest BCUT2D eigenvalue weighted by Gasteiger charge is 2.29. The quantitative estimate of drug-likeness (QED) is 0.500. The fourth-order valence-electron chi connectivity index (χ4n) is 2.47. The number of nitrogens with one attached hydrogen (secondary N) is 1. The maximum Gasteiger partial charge on any atom is 0.270 e. The van der Waals surface area contributed by atoms with Gasteiger partial charge in [-0.3, -0.25) is 19.6 Å². The molecular formula is C15H17N5O3. The molecular weight excluding hydrogens is 298 g/mol. The smallest absolute Gasteiger partial charge is 0.270 e. The molecule has 1 aromatic carbocycles. The van der Waals surface area contributed by atoms with Gasteiger partial charge in [-0.25, -0.2) is 0 Å². The second kappa shape index (κ2) is 5.71. The molecule has 1 amide bonds. The first-order valence-electron chi connectivity index (χ1n) is 7.35. The van der Waals surface area contributed by atoms with Crippen molar-refractivity contribution in [3.63, 3.8) is 0 Å². The lowest BCUT2D eigenvalue weighted by Gasteiger charge is -2.09. The number of nitrogen functional groups attached to an aromatic ring is 1. The number of nitrogens with two attached hydrogens (primary N) is 1. The Morgan fingerprint density at radius 1 is 1.52 bits per heavy atom. The van der Waals surface area contributed by atoms with Crippen LogP contribution >= 0.6 is 0 Å². The predicted molar refractivity (Wildman–Crippen MR) is 85.1 cm³/mol. The molecule has 0 saturated heterocycles. The number of aromatic nitrogens is 2. The highest BCUT2D eigenvalue weighted by Crippen LogP contribution is 2.39. The molecule has 8 heteroatoms. The van der Waals surface area contributed by atoms with Crippen LogP contribution in [-0.4, -0.2) is 20.6 Å². The minimum Gasteiger partial charge on any atom is -0.398 e. The van der Waals surface area contributed by atoms with E-state index in [4.69, 9.17) is 5.73 Å². The van der Waals surface area contributed by atoms with Gasteiger partial charge in [-0.1, -0.05) is 0 Å². The highest BCUT2D eigenvalue weighted by molar-refractivity contribution is 6.08. The van der Waals surface area contributed by atoms with E-state index in [1.165, 1.54) is 31.0 Å². The fourth-order valence-corrected chi connectivity index (χ4v) is 2.47. The van der Waals surface area contributed by atoms with Crippen molar-refractivity contribution in [2.45, 2.75) is 25.8 Å². The van der Waals surface area contributed by atoms with Crippen molar-refractivity contribution in [2.75, 3.05) is 11.1 Å². The van der Waals surface area contributed by atoms with Crippen molar-refractivity contribution in [1.29, 1.82) is 0 Å². The summed E-state index contributed by atoms with van der Waals surface area (Å²) in [6.45, 7) is 2.09. The summed E-state index contributed by atoms with van der Waals surface area (Å²) in [5.41, 5.74) is 6.36. The van der Waals surface area contributed by atoms with Crippen LogP contribution in [0.2, 0.25) is 0 Å². The Labute approximate surface area is 132 Å². The Hall–Kier alpha value is -2.90. The van der Waals surface area contributed by atoms with Crippen LogP contribution in [0.25, 0.3) is 0 Å². The zero-order valence-electron chi connectivity index (χ0n) is 12.6. The molecule has 1 aliphatic rings. The average Bonchev–Trinajstić information content (AvgIpc) is 3.26. The number of benzene rings is 1. The largest absolute Gasteiger partial charge is 0.398 e. The number of amides is 1. The Bertz CT molecular complexity index is 766. The van der Waals surface area contributed by atoms with Crippen LogP contribution in [0.1, 0.15) is 36.2 Å². The van der Waals surface area contributed by atoms with Crippen LogP contribution in [0.4, 0.5) is 17.1 Å². The molecule has 0 aliphatic heterocycles. The number of rotatable bonds is 5. The first-order valence-corrected chi connectivity index (χ1v) is 7.35. The summed E-state index contributed by atoms with van der Waals surface area (Å²) in [5, 5.41) is 17.7. The van der Waals surface area contributed by atoms with E-state index >= 15 is 0 Å². The molecule has 1 heterocycles. The minimum atomic E-state index is -0.564. The van der Waals surface area contributed by atoms with E-state index in [9.17, 15) is 14.9 Å². The summed E-state index contributed by atoms with van der Waals surface area (Å²) in [6.07, 6.45) is 5.72. The zero-order valence-corrected chi connectivity index (χ0v) is 12.6. The van der Waals surface area contributed by atoms with Crippen LogP contribution in [-0.2, 0) is 0 Å². The predicted octanol–water partition coefficient (Wildman–Crippen LogP) is 2.60. The maximum absolute atomic E-state index is 12.3. The standard InChI is InChI=1S/C15H17N5O3/c1-9(10-2-3-10)19-8-11(7-17-19)18-15(21)13-6-12(20(22)23)4-5-14(13)16/h4-10H,2-3,16H2,1H3,(H,18,21)/t9-/m0/s1. The molecule has 1 aliphatic carbocycles. The van der Waals surface area contributed by atoms with E-state index < -0.39 is 10.8 Å². The van der Waals surface area contributed by atoms with E-state index in [1.807, 2.05) is 4.68 Å². The van der Waals surface area contributed by atoms with Gasteiger partial charge in [-0.2, -0.15) is 5.10 Å². The molecule has 1 fully saturated rings. The number of carbonyl (C=O) groups is 1. The van der Waals surface area contributed by atoms with Gasteiger partial charge in [0, 0.05) is 24.0 Å². The van der Waals surface area contributed by atoms with Crippen molar-refractivity contribution in [2.24, 2.45) is 5.92 Å². The summed E-state index contributed by atoms with van der Waals surface area (Å²) >= 11 is 0. The van der Waals surface area contributed by atoms with Crippen molar-refractivity contribution in [1.82, 2.24) is 9.78 Å². The van der Waals surface area contributed by atoms with Crippen LogP contribution in [0.3, 0.4) is 0 Å². The lowest BCUT2D eigenvalue weighted by Crippen LogP contribution is -2.14. The number of hydrogen-bond donors (Lipinski definition) is 2. The molecule has 0 unspecified atom stereocenters. The van der Waals surface area contributed by atoms with Crippen molar-refractivity contribution in [3.05, 3.63) is 46.3 Å². The zero-order chi connectivity index (χ0) is 16.6. The Morgan fingerprint density at radius 2 is 2.26 bits per heavy atom. The average molecular weight is 315 g/mol. The maximum atomic E-state index is 12.3. The molecule has 23 heavy (non-hydrogen) atoms. The summed E-state index contributed by atoms with van der Waals surface area (Å²) in [4.78, 5) is 22.5. The van der Waals surface area contributed by atoms with Crippen LogP contribution in [0, 0.1) is 16.0 Å². The molecule has 0 spiro atoms. The lowest BCUT2D eigenvalue weighted by molar-refractivity contribution is -0.384. The van der Waals surface area contributed by atoms with Crippen LogP contribution in [0.5, 0.6) is 0 Å². The topological polar surface area (TPSA) is 116 Å². The third-order valence-corrected chi connectivity index (χ3v) is 4.07. The van der Waals surface area contributed by atoms with Gasteiger partial charge in [-0.05, 0) is 31.7 Å². The summed E-state index contributed by atoms with van der Waals surface area (Å²) in [5.74, 6) is 0.149. The second-order valence-electron chi connectivity index (χ2n) is 5.77. The van der Waals surface area contributed by atoms with Gasteiger partial charge in [0.2, 0.25) is 0 Å². The molecule has 1 aromatic heterocycles. The van der Waals surface area contributed by atoms with Crippen molar-refractivity contribution in [3.8, 4) is 0 Å². The van der Waals surface area contributed by atoms with Crippen LogP contribution in [0.15, 0.2) is 30.6 Å². The summed E-state index contributed by atoms with van der Waals surface area (Å²) < 4.78 is 1.82. The number of anilines is 2. The summed E-state index contributed by atoms with van der Waals surface area (Å²) in [7, 11) is 0. The van der Waals surface area contributed by atoms with Gasteiger partial charge in [0.1, 0.15) is 0 Å². The molecule has 3 N–H and O–H groups in total. The van der Waals surface area contributed by atoms with E-state index in [1.54, 1.807) is 12.4 Å². The summed E-state index contributed by atoms with van der Waals surface area (Å²) in [6, 6.07) is 4.08. The van der Waals surface area contributed by atoms with E-state index in [2.05, 4.69) is 17.3 Å². The van der Waals surface area contributed by atoms with Gasteiger partial charge in [0.25, 0.3) is 11.6 Å². The van der Waals surface area contributed by atoms with Gasteiger partial charge >= 0.3 is 0 Å². The number of hydrogen-bond acceptors (Lipinski definition) is 5.